The Balaban J connectivity index is 0.00000242. The Labute approximate surface area is 139 Å². The van der Waals surface area contributed by atoms with E-state index >= 15 is 0 Å². The van der Waals surface area contributed by atoms with Crippen LogP contribution in [0.15, 0.2) is 0 Å². The van der Waals surface area contributed by atoms with Gasteiger partial charge in [0.1, 0.15) is 0 Å². The molecule has 2 aliphatic rings. The van der Waals surface area contributed by atoms with Gasteiger partial charge in [0, 0.05) is 39.3 Å². The van der Waals surface area contributed by atoms with Crippen molar-refractivity contribution >= 4 is 24.2 Å². The molecule has 0 saturated carbocycles. The van der Waals surface area contributed by atoms with E-state index in [-0.39, 0.29) is 24.2 Å². The second-order valence-electron chi connectivity index (χ2n) is 6.19. The van der Waals surface area contributed by atoms with Crippen molar-refractivity contribution in [1.82, 2.24) is 14.7 Å². The number of likely N-dealkylation sites (tertiary alicyclic amines) is 1. The molecule has 7 heteroatoms. The molecule has 1 unspecified atom stereocenters. The minimum absolute atomic E-state index is 0. The molecule has 22 heavy (non-hydrogen) atoms. The quantitative estimate of drug-likeness (QED) is 0.807. The maximum absolute atomic E-state index is 12.3. The summed E-state index contributed by atoms with van der Waals surface area (Å²) in [7, 11) is 0. The van der Waals surface area contributed by atoms with Crippen LogP contribution < -0.4 is 5.73 Å². The fourth-order valence-corrected chi connectivity index (χ4v) is 3.03. The van der Waals surface area contributed by atoms with Crippen molar-refractivity contribution in [1.29, 1.82) is 0 Å². The van der Waals surface area contributed by atoms with E-state index in [1.165, 1.54) is 12.8 Å². The van der Waals surface area contributed by atoms with Crippen LogP contribution in [0.4, 0.5) is 0 Å². The number of carbonyl (C=O) groups is 2. The predicted molar refractivity (Wildman–Crippen MR) is 89.0 cm³/mol. The van der Waals surface area contributed by atoms with E-state index in [2.05, 4.69) is 4.90 Å². The lowest BCUT2D eigenvalue weighted by atomic mass is 10.2. The van der Waals surface area contributed by atoms with Crippen molar-refractivity contribution in [3.8, 4) is 0 Å². The van der Waals surface area contributed by atoms with Crippen molar-refractivity contribution < 1.29 is 9.59 Å². The molecule has 0 bridgehead atoms. The summed E-state index contributed by atoms with van der Waals surface area (Å²) in [6.07, 6.45) is 4.73. The Morgan fingerprint density at radius 2 is 1.45 bits per heavy atom. The Hall–Kier alpha value is -0.850. The highest BCUT2D eigenvalue weighted by atomic mass is 35.5. The van der Waals surface area contributed by atoms with Gasteiger partial charge in [0.25, 0.3) is 0 Å². The summed E-state index contributed by atoms with van der Waals surface area (Å²) in [5.41, 5.74) is 5.63. The Morgan fingerprint density at radius 1 is 0.909 bits per heavy atom. The van der Waals surface area contributed by atoms with E-state index in [0.29, 0.717) is 19.6 Å². The average Bonchev–Trinajstić information content (AvgIpc) is 2.76. The fourth-order valence-electron chi connectivity index (χ4n) is 3.03. The molecule has 0 aliphatic carbocycles. The van der Waals surface area contributed by atoms with E-state index in [4.69, 9.17) is 5.73 Å². The second-order valence-corrected chi connectivity index (χ2v) is 6.19. The maximum Gasteiger partial charge on any atom is 0.239 e. The number of amides is 2. The summed E-state index contributed by atoms with van der Waals surface area (Å²) in [4.78, 5) is 30.1. The van der Waals surface area contributed by atoms with Gasteiger partial charge in [-0.3, -0.25) is 14.5 Å². The molecule has 2 N–H and O–H groups in total. The van der Waals surface area contributed by atoms with Gasteiger partial charge in [0.05, 0.1) is 12.6 Å². The summed E-state index contributed by atoms with van der Waals surface area (Å²) < 4.78 is 0. The summed E-state index contributed by atoms with van der Waals surface area (Å²) in [6, 6.07) is -0.435. The standard InChI is InChI=1S/C15H28N4O2.ClH/c1-13(16)15(21)19-10-8-17(9-11-19)12-14(20)18-6-4-2-3-5-7-18;/h13H,2-12,16H2,1H3;1H. The number of hydrogen-bond donors (Lipinski definition) is 1. The van der Waals surface area contributed by atoms with Crippen LogP contribution in [-0.2, 0) is 9.59 Å². The van der Waals surface area contributed by atoms with Crippen molar-refractivity contribution in [2.24, 2.45) is 5.73 Å². The number of halogens is 1. The van der Waals surface area contributed by atoms with Gasteiger partial charge in [-0.15, -0.1) is 12.4 Å². The smallest absolute Gasteiger partial charge is 0.239 e. The third kappa shape index (κ3) is 5.41. The lowest BCUT2D eigenvalue weighted by Crippen LogP contribution is -2.54. The van der Waals surface area contributed by atoms with Crippen LogP contribution in [0.25, 0.3) is 0 Å². The van der Waals surface area contributed by atoms with Crippen molar-refractivity contribution in [3.05, 3.63) is 0 Å². The maximum atomic E-state index is 12.3. The largest absolute Gasteiger partial charge is 0.342 e. The van der Waals surface area contributed by atoms with Gasteiger partial charge in [0.2, 0.25) is 11.8 Å². The molecule has 0 aromatic heterocycles. The first-order valence-electron chi connectivity index (χ1n) is 8.12. The van der Waals surface area contributed by atoms with Crippen LogP contribution in [0.2, 0.25) is 0 Å². The van der Waals surface area contributed by atoms with Crippen LogP contribution in [0.1, 0.15) is 32.6 Å². The van der Waals surface area contributed by atoms with Crippen LogP contribution in [-0.4, -0.2) is 78.4 Å². The highest BCUT2D eigenvalue weighted by Gasteiger charge is 2.25. The van der Waals surface area contributed by atoms with Gasteiger partial charge in [-0.05, 0) is 19.8 Å². The molecule has 0 radical (unpaired) electrons. The zero-order chi connectivity index (χ0) is 15.2. The summed E-state index contributed by atoms with van der Waals surface area (Å²) in [6.45, 7) is 6.89. The molecular weight excluding hydrogens is 304 g/mol. The molecule has 6 nitrogen and oxygen atoms in total. The molecule has 2 saturated heterocycles. The Bertz CT molecular complexity index is 363. The normalized spacial score (nSPS) is 21.7. The molecule has 2 amide bonds. The third-order valence-corrected chi connectivity index (χ3v) is 4.39. The van der Waals surface area contributed by atoms with Gasteiger partial charge in [-0.1, -0.05) is 12.8 Å². The van der Waals surface area contributed by atoms with Gasteiger partial charge in [0.15, 0.2) is 0 Å². The molecule has 0 aromatic carbocycles. The van der Waals surface area contributed by atoms with Gasteiger partial charge in [-0.2, -0.15) is 0 Å². The lowest BCUT2D eigenvalue weighted by molar-refractivity contribution is -0.135. The third-order valence-electron chi connectivity index (χ3n) is 4.39. The van der Waals surface area contributed by atoms with E-state index in [1.54, 1.807) is 11.8 Å². The molecule has 128 valence electrons. The van der Waals surface area contributed by atoms with Gasteiger partial charge in [-0.25, -0.2) is 0 Å². The van der Waals surface area contributed by atoms with Crippen molar-refractivity contribution in [2.75, 3.05) is 45.8 Å². The minimum atomic E-state index is -0.435. The number of piperazine rings is 1. The van der Waals surface area contributed by atoms with Crippen LogP contribution in [0, 0.1) is 0 Å². The predicted octanol–water partition coefficient (Wildman–Crippen LogP) is 0.302. The number of nitrogens with two attached hydrogens (primary N) is 1. The van der Waals surface area contributed by atoms with Crippen molar-refractivity contribution in [2.45, 2.75) is 38.6 Å². The summed E-state index contributed by atoms with van der Waals surface area (Å²) in [5, 5.41) is 0. The van der Waals surface area contributed by atoms with E-state index in [9.17, 15) is 9.59 Å². The first-order valence-corrected chi connectivity index (χ1v) is 8.12. The van der Waals surface area contributed by atoms with Crippen LogP contribution in [0.3, 0.4) is 0 Å². The number of hydrogen-bond acceptors (Lipinski definition) is 4. The van der Waals surface area contributed by atoms with E-state index in [1.807, 2.05) is 4.90 Å². The lowest BCUT2D eigenvalue weighted by Gasteiger charge is -2.36. The minimum Gasteiger partial charge on any atom is -0.342 e. The van der Waals surface area contributed by atoms with E-state index < -0.39 is 6.04 Å². The molecule has 1 atom stereocenters. The van der Waals surface area contributed by atoms with Crippen LogP contribution >= 0.6 is 12.4 Å². The summed E-state index contributed by atoms with van der Waals surface area (Å²) >= 11 is 0. The second kappa shape index (κ2) is 9.33. The number of rotatable bonds is 3. The highest BCUT2D eigenvalue weighted by molar-refractivity contribution is 5.85. The monoisotopic (exact) mass is 332 g/mol. The average molecular weight is 333 g/mol. The molecule has 2 heterocycles. The molecule has 0 aromatic rings. The van der Waals surface area contributed by atoms with Crippen LogP contribution in [0.5, 0.6) is 0 Å². The summed E-state index contributed by atoms with van der Waals surface area (Å²) in [5.74, 6) is 0.248. The fraction of sp³-hybridized carbons (Fsp3) is 0.867. The topological polar surface area (TPSA) is 69.9 Å². The first-order chi connectivity index (χ1) is 10.1. The molecular formula is C15H29ClN4O2. The van der Waals surface area contributed by atoms with Gasteiger partial charge < -0.3 is 15.5 Å². The highest BCUT2D eigenvalue weighted by Crippen LogP contribution is 2.11. The number of nitrogens with zero attached hydrogens (tertiary/aromatic N) is 3. The number of carbonyl (C=O) groups excluding carboxylic acids is 2. The Kier molecular flexibility index (Phi) is 8.14. The zero-order valence-corrected chi connectivity index (χ0v) is 14.3. The van der Waals surface area contributed by atoms with E-state index in [0.717, 1.165) is 39.0 Å². The zero-order valence-electron chi connectivity index (χ0n) is 13.5. The molecule has 2 rings (SSSR count). The van der Waals surface area contributed by atoms with Gasteiger partial charge >= 0.3 is 0 Å². The first kappa shape index (κ1) is 19.2. The molecule has 2 aliphatic heterocycles. The molecule has 0 spiro atoms. The molecule has 2 fully saturated rings. The Morgan fingerprint density at radius 3 is 1.95 bits per heavy atom. The SMILES string of the molecule is CC(N)C(=O)N1CCN(CC(=O)N2CCCCCC2)CC1.Cl. The van der Waals surface area contributed by atoms with Crippen molar-refractivity contribution in [3.63, 3.8) is 0 Å².